The maximum atomic E-state index is 13.6. The minimum Gasteiger partial charge on any atom is -0.335 e. The minimum atomic E-state index is -5.30. The van der Waals surface area contributed by atoms with Crippen molar-refractivity contribution in [1.82, 2.24) is 14.9 Å². The number of thioether (sulfide) groups is 1. The molecular weight excluding hydrogens is 602 g/mol. The van der Waals surface area contributed by atoms with Gasteiger partial charge < -0.3 is 9.88 Å². The van der Waals surface area contributed by atoms with Gasteiger partial charge in [-0.15, -0.1) is 0 Å². The zero-order chi connectivity index (χ0) is 30.5. The van der Waals surface area contributed by atoms with Crippen LogP contribution >= 0.6 is 11.8 Å². The van der Waals surface area contributed by atoms with Crippen molar-refractivity contribution in [2.45, 2.75) is 53.9 Å². The van der Waals surface area contributed by atoms with Crippen molar-refractivity contribution in [2.75, 3.05) is 6.54 Å². The van der Waals surface area contributed by atoms with Crippen LogP contribution in [0.4, 0.5) is 52.7 Å². The van der Waals surface area contributed by atoms with Crippen LogP contribution in [0.2, 0.25) is 0 Å². The molecule has 0 saturated carbocycles. The first kappa shape index (κ1) is 31.1. The monoisotopic (exact) mass is 621 g/mol. The van der Waals surface area contributed by atoms with E-state index in [0.29, 0.717) is 30.6 Å². The van der Waals surface area contributed by atoms with Crippen LogP contribution in [0.5, 0.6) is 0 Å². The van der Waals surface area contributed by atoms with Crippen molar-refractivity contribution in [3.05, 3.63) is 81.8 Å². The summed E-state index contributed by atoms with van der Waals surface area (Å²) in [5, 5.41) is 1.24. The Labute approximate surface area is 228 Å². The molecule has 16 heteroatoms. The summed E-state index contributed by atoms with van der Waals surface area (Å²) in [4.78, 5) is 4.34. The van der Waals surface area contributed by atoms with Crippen molar-refractivity contribution < 1.29 is 52.7 Å². The fourth-order valence-corrected chi connectivity index (χ4v) is 5.60. The molecule has 0 spiro atoms. The predicted octanol–water partition coefficient (Wildman–Crippen LogP) is 8.80. The van der Waals surface area contributed by atoms with E-state index in [-0.39, 0.29) is 47.5 Å². The molecular formula is C25H19F12N3S. The van der Waals surface area contributed by atoms with Gasteiger partial charge in [-0.25, -0.2) is 4.98 Å². The fourth-order valence-electron chi connectivity index (χ4n) is 4.45. The first-order valence-corrected chi connectivity index (χ1v) is 12.6. The third-order valence-electron chi connectivity index (χ3n) is 6.33. The maximum absolute atomic E-state index is 13.6. The fraction of sp³-hybridized carbons (Fsp3) is 0.400. The second-order valence-electron chi connectivity index (χ2n) is 9.37. The highest BCUT2D eigenvalue weighted by Crippen LogP contribution is 2.47. The summed E-state index contributed by atoms with van der Waals surface area (Å²) in [6.07, 6.45) is -18.4. The van der Waals surface area contributed by atoms with Gasteiger partial charge in [-0.3, -0.25) is 0 Å². The van der Waals surface area contributed by atoms with E-state index < -0.39 is 63.3 Å². The minimum absolute atomic E-state index is 0.0295. The predicted molar refractivity (Wildman–Crippen MR) is 124 cm³/mol. The average molecular weight is 621 g/mol. The van der Waals surface area contributed by atoms with Crippen LogP contribution in [-0.2, 0) is 31.8 Å². The lowest BCUT2D eigenvalue weighted by Gasteiger charge is -2.22. The highest BCUT2D eigenvalue weighted by atomic mass is 32.2. The number of hydrogen-bond donors (Lipinski definition) is 1. The van der Waals surface area contributed by atoms with Crippen LogP contribution in [-0.4, -0.2) is 16.1 Å². The van der Waals surface area contributed by atoms with E-state index in [2.05, 4.69) is 10.3 Å². The third kappa shape index (κ3) is 7.13. The quantitative estimate of drug-likeness (QED) is 0.228. The van der Waals surface area contributed by atoms with Gasteiger partial charge in [0.25, 0.3) is 0 Å². The summed E-state index contributed by atoms with van der Waals surface area (Å²) < 4.78 is 165. The van der Waals surface area contributed by atoms with Gasteiger partial charge in [-0.05, 0) is 66.9 Å². The molecule has 1 aromatic heterocycles. The Hall–Kier alpha value is -2.88. The summed E-state index contributed by atoms with van der Waals surface area (Å²) in [7, 11) is 1.56. The molecule has 2 heterocycles. The Bertz CT molecular complexity index is 1260. The second-order valence-corrected chi connectivity index (χ2v) is 10.5. The van der Waals surface area contributed by atoms with Crippen LogP contribution < -0.4 is 5.32 Å². The molecule has 0 bridgehead atoms. The topological polar surface area (TPSA) is 29.9 Å². The summed E-state index contributed by atoms with van der Waals surface area (Å²) in [5.41, 5.74) is -8.70. The van der Waals surface area contributed by atoms with Crippen LogP contribution in [0.25, 0.3) is 0 Å². The molecule has 2 aromatic carbocycles. The molecule has 0 aliphatic carbocycles. The second kappa shape index (κ2) is 10.7. The van der Waals surface area contributed by atoms with E-state index in [9.17, 15) is 52.7 Å². The number of hydrogen-bond acceptors (Lipinski definition) is 3. The van der Waals surface area contributed by atoms with Crippen molar-refractivity contribution in [3.8, 4) is 0 Å². The van der Waals surface area contributed by atoms with Gasteiger partial charge in [0, 0.05) is 13.2 Å². The van der Waals surface area contributed by atoms with E-state index in [0.717, 1.165) is 6.42 Å². The van der Waals surface area contributed by atoms with Crippen molar-refractivity contribution >= 4 is 11.8 Å². The Morgan fingerprint density at radius 3 is 1.49 bits per heavy atom. The number of aromatic nitrogens is 2. The van der Waals surface area contributed by atoms with Crippen molar-refractivity contribution in [1.29, 1.82) is 0 Å². The highest BCUT2D eigenvalue weighted by Gasteiger charge is 2.40. The van der Waals surface area contributed by atoms with Gasteiger partial charge >= 0.3 is 24.7 Å². The van der Waals surface area contributed by atoms with Crippen LogP contribution in [0, 0.1) is 0 Å². The number of imidazole rings is 1. The first-order valence-electron chi connectivity index (χ1n) is 11.8. The van der Waals surface area contributed by atoms with Crippen LogP contribution in [0.3, 0.4) is 0 Å². The van der Waals surface area contributed by atoms with E-state index in [4.69, 9.17) is 0 Å². The normalized spacial score (nSPS) is 17.1. The molecule has 0 radical (unpaired) electrons. The molecule has 1 fully saturated rings. The first-order chi connectivity index (χ1) is 18.7. The number of aryl methyl sites for hydroxylation is 1. The van der Waals surface area contributed by atoms with Crippen LogP contribution in [0.15, 0.2) is 47.6 Å². The lowest BCUT2D eigenvalue weighted by atomic mass is 9.95. The average Bonchev–Trinajstić information content (AvgIpc) is 3.49. The van der Waals surface area contributed by atoms with Crippen molar-refractivity contribution in [3.63, 3.8) is 0 Å². The smallest absolute Gasteiger partial charge is 0.335 e. The van der Waals surface area contributed by atoms with Crippen LogP contribution in [0.1, 0.15) is 63.3 Å². The number of benzene rings is 2. The SMILES string of the molecule is Cn1cc(SC(c2cc(C(F)(F)F)cc(C(F)(F)F)c2)c2cc(C(F)(F)F)cc(C(F)(F)F)c2)nc1[C@@H]1CCCN1. The number of rotatable bonds is 5. The number of halogens is 12. The zero-order valence-electron chi connectivity index (χ0n) is 20.7. The molecule has 1 aliphatic heterocycles. The lowest BCUT2D eigenvalue weighted by Crippen LogP contribution is -2.16. The Morgan fingerprint density at radius 2 is 1.15 bits per heavy atom. The van der Waals surface area contributed by atoms with E-state index >= 15 is 0 Å². The van der Waals surface area contributed by atoms with E-state index in [1.54, 1.807) is 7.05 Å². The molecule has 4 rings (SSSR count). The van der Waals surface area contributed by atoms with Gasteiger partial charge in [0.1, 0.15) is 10.9 Å². The largest absolute Gasteiger partial charge is 0.416 e. The summed E-state index contributed by atoms with van der Waals surface area (Å²) >= 11 is 0.437. The summed E-state index contributed by atoms with van der Waals surface area (Å²) in [6, 6.07) is 0.521. The molecule has 224 valence electrons. The van der Waals surface area contributed by atoms with Crippen molar-refractivity contribution in [2.24, 2.45) is 7.05 Å². The third-order valence-corrected chi connectivity index (χ3v) is 7.54. The number of alkyl halides is 12. The number of nitrogens with one attached hydrogen (secondary N) is 1. The summed E-state index contributed by atoms with van der Waals surface area (Å²) in [5.74, 6) is 0.434. The van der Waals surface area contributed by atoms with E-state index in [1.165, 1.54) is 10.8 Å². The molecule has 0 unspecified atom stereocenters. The molecule has 1 aliphatic rings. The molecule has 1 saturated heterocycles. The van der Waals surface area contributed by atoms with Gasteiger partial charge in [-0.2, -0.15) is 52.7 Å². The Kier molecular flexibility index (Phi) is 8.14. The van der Waals surface area contributed by atoms with Gasteiger partial charge in [0.05, 0.1) is 33.5 Å². The number of nitrogens with zero attached hydrogens (tertiary/aromatic N) is 2. The van der Waals surface area contributed by atoms with Gasteiger partial charge in [0.15, 0.2) is 0 Å². The Morgan fingerprint density at radius 1 is 0.732 bits per heavy atom. The van der Waals surface area contributed by atoms with Gasteiger partial charge in [-0.1, -0.05) is 11.8 Å². The molecule has 1 N–H and O–H groups in total. The van der Waals surface area contributed by atoms with E-state index in [1.807, 2.05) is 0 Å². The molecule has 3 nitrogen and oxygen atoms in total. The summed E-state index contributed by atoms with van der Waals surface area (Å²) in [6.45, 7) is 0.650. The van der Waals surface area contributed by atoms with Gasteiger partial charge in [0.2, 0.25) is 0 Å². The molecule has 1 atom stereocenters. The lowest BCUT2D eigenvalue weighted by molar-refractivity contribution is -0.144. The maximum Gasteiger partial charge on any atom is 0.416 e. The molecule has 41 heavy (non-hydrogen) atoms. The standard InChI is InChI=1S/C25H19F12N3S/c1-40-11-19(39-21(40)18-3-2-4-38-18)41-20(12-5-14(22(26,27)28)9-15(6-12)23(29,30)31)13-7-16(24(32,33)34)10-17(8-13)25(35,36)37/h5-11,18,20,38H,2-4H2,1H3/t18-/m0/s1. The zero-order valence-corrected chi connectivity index (χ0v) is 21.5. The Balaban J connectivity index is 1.95. The highest BCUT2D eigenvalue weighted by molar-refractivity contribution is 7.99. The molecule has 0 amide bonds. The molecule has 3 aromatic rings.